The fraction of sp³-hybridized carbons (Fsp3) is 0.250. The monoisotopic (exact) mass is 381 g/mol. The lowest BCUT2D eigenvalue weighted by molar-refractivity contribution is -0.131. The number of urea groups is 1. The number of methoxy groups -OCH3 is 1. The Morgan fingerprint density at radius 3 is 2.75 bits per heavy atom. The van der Waals surface area contributed by atoms with Crippen LogP contribution in [0.5, 0.6) is 17.2 Å². The van der Waals surface area contributed by atoms with Crippen molar-refractivity contribution in [3.63, 3.8) is 0 Å². The maximum atomic E-state index is 13.1. The molecule has 1 N–H and O–H groups in total. The molecule has 144 valence electrons. The van der Waals surface area contributed by atoms with Gasteiger partial charge < -0.3 is 19.5 Å². The van der Waals surface area contributed by atoms with E-state index in [1.54, 1.807) is 12.1 Å². The van der Waals surface area contributed by atoms with Crippen molar-refractivity contribution >= 4 is 18.2 Å². The highest BCUT2D eigenvalue weighted by molar-refractivity contribution is 6.07. The zero-order valence-corrected chi connectivity index (χ0v) is 15.5. The number of hydrazone groups is 1. The third-order valence-electron chi connectivity index (χ3n) is 4.87. The van der Waals surface area contributed by atoms with Crippen LogP contribution >= 0.6 is 0 Å². The number of amides is 3. The maximum absolute atomic E-state index is 13.1. The van der Waals surface area contributed by atoms with Gasteiger partial charge in [0.2, 0.25) is 12.5 Å². The number of benzene rings is 2. The van der Waals surface area contributed by atoms with Crippen molar-refractivity contribution in [3.8, 4) is 17.2 Å². The average Bonchev–Trinajstić information content (AvgIpc) is 3.29. The van der Waals surface area contributed by atoms with E-state index in [1.807, 2.05) is 37.3 Å². The zero-order valence-electron chi connectivity index (χ0n) is 15.5. The summed E-state index contributed by atoms with van der Waals surface area (Å²) in [5, 5.41) is 7.76. The summed E-state index contributed by atoms with van der Waals surface area (Å²) in [5.41, 5.74) is 0.205. The summed E-state index contributed by atoms with van der Waals surface area (Å²) in [6, 6.07) is 12.0. The van der Waals surface area contributed by atoms with Crippen molar-refractivity contribution < 1.29 is 23.8 Å². The van der Waals surface area contributed by atoms with E-state index in [0.29, 0.717) is 29.2 Å². The minimum Gasteiger partial charge on any atom is -0.493 e. The third kappa shape index (κ3) is 2.74. The molecular weight excluding hydrogens is 362 g/mol. The Hall–Kier alpha value is -3.55. The van der Waals surface area contributed by atoms with Gasteiger partial charge in [-0.25, -0.2) is 4.79 Å². The highest BCUT2D eigenvalue weighted by Gasteiger charge is 2.51. The third-order valence-corrected chi connectivity index (χ3v) is 4.87. The fourth-order valence-electron chi connectivity index (χ4n) is 3.38. The van der Waals surface area contributed by atoms with Crippen molar-refractivity contribution in [3.05, 3.63) is 53.6 Å². The van der Waals surface area contributed by atoms with Gasteiger partial charge in [0.05, 0.1) is 13.3 Å². The molecule has 28 heavy (non-hydrogen) atoms. The first-order chi connectivity index (χ1) is 13.6. The van der Waals surface area contributed by atoms with Crippen molar-refractivity contribution in [2.24, 2.45) is 5.10 Å². The minimum absolute atomic E-state index is 0.107. The molecule has 0 aromatic heterocycles. The van der Waals surface area contributed by atoms with Crippen LogP contribution in [0, 0.1) is 0 Å². The smallest absolute Gasteiger partial charge is 0.346 e. The van der Waals surface area contributed by atoms with Gasteiger partial charge in [-0.15, -0.1) is 5.01 Å². The highest BCUT2D eigenvalue weighted by Crippen LogP contribution is 2.41. The number of ether oxygens (including phenoxy) is 3. The van der Waals surface area contributed by atoms with Gasteiger partial charge in [-0.3, -0.25) is 4.79 Å². The minimum atomic E-state index is -1.12. The van der Waals surface area contributed by atoms with Gasteiger partial charge in [0.25, 0.3) is 5.91 Å². The number of fused-ring (bicyclic) bond motifs is 1. The van der Waals surface area contributed by atoms with E-state index in [9.17, 15) is 9.59 Å². The van der Waals surface area contributed by atoms with Crippen molar-refractivity contribution in [2.45, 2.75) is 18.9 Å². The number of nitrogens with one attached hydrogen (secondary N) is 1. The van der Waals surface area contributed by atoms with Crippen molar-refractivity contribution in [1.29, 1.82) is 0 Å². The van der Waals surface area contributed by atoms with E-state index in [1.165, 1.54) is 13.3 Å². The maximum Gasteiger partial charge on any atom is 0.346 e. The standard InChI is InChI=1S/C20H19N3O5/c1-3-20(14-7-5-4-6-8-14)18(24)23(19(25)22-20)21-11-13-9-15(26-2)17-16(10-13)27-12-28-17/h4-11H,3,12H2,1-2H3,(H,22,25)/b21-11-/t20-/m1/s1. The molecular formula is C20H19N3O5. The molecule has 2 aliphatic rings. The van der Waals surface area contributed by atoms with Gasteiger partial charge in [-0.1, -0.05) is 37.3 Å². The summed E-state index contributed by atoms with van der Waals surface area (Å²) < 4.78 is 16.0. The number of imide groups is 1. The molecule has 1 atom stereocenters. The Balaban J connectivity index is 1.64. The molecule has 0 bridgehead atoms. The topological polar surface area (TPSA) is 89.5 Å². The summed E-state index contributed by atoms with van der Waals surface area (Å²) in [7, 11) is 1.52. The van der Waals surface area contributed by atoms with Crippen LogP contribution in [-0.2, 0) is 10.3 Å². The van der Waals surface area contributed by atoms with E-state index < -0.39 is 17.5 Å². The van der Waals surface area contributed by atoms with Crippen LogP contribution in [0.25, 0.3) is 0 Å². The van der Waals surface area contributed by atoms with Gasteiger partial charge in [-0.2, -0.15) is 5.10 Å². The van der Waals surface area contributed by atoms with Gasteiger partial charge in [0.1, 0.15) is 5.54 Å². The molecule has 0 unspecified atom stereocenters. The summed E-state index contributed by atoms with van der Waals surface area (Å²) in [5.74, 6) is 1.10. The average molecular weight is 381 g/mol. The number of hydrogen-bond acceptors (Lipinski definition) is 6. The van der Waals surface area contributed by atoms with Crippen LogP contribution in [-0.4, -0.2) is 37.1 Å². The predicted molar refractivity (Wildman–Crippen MR) is 100 cm³/mol. The number of carbonyl (C=O) groups is 2. The number of rotatable bonds is 5. The van der Waals surface area contributed by atoms with Crippen molar-refractivity contribution in [2.75, 3.05) is 13.9 Å². The van der Waals surface area contributed by atoms with E-state index >= 15 is 0 Å². The van der Waals surface area contributed by atoms with Crippen molar-refractivity contribution in [1.82, 2.24) is 10.3 Å². The lowest BCUT2D eigenvalue weighted by Crippen LogP contribution is -2.43. The molecule has 1 fully saturated rings. The van der Waals surface area contributed by atoms with Crippen LogP contribution in [0.3, 0.4) is 0 Å². The Morgan fingerprint density at radius 1 is 1.25 bits per heavy atom. The van der Waals surface area contributed by atoms with Crippen LogP contribution in [0.15, 0.2) is 47.6 Å². The van der Waals surface area contributed by atoms with E-state index in [4.69, 9.17) is 14.2 Å². The first kappa shape index (κ1) is 17.8. The highest BCUT2D eigenvalue weighted by atomic mass is 16.7. The SMILES string of the molecule is CC[C@]1(c2ccccc2)NC(=O)N(/N=C\c2cc(OC)c3c(c2)OCO3)C1=O. The molecule has 0 saturated carbocycles. The largest absolute Gasteiger partial charge is 0.493 e. The molecule has 0 aliphatic carbocycles. The molecule has 2 aliphatic heterocycles. The second-order valence-corrected chi connectivity index (χ2v) is 6.37. The summed E-state index contributed by atoms with van der Waals surface area (Å²) >= 11 is 0. The van der Waals surface area contributed by atoms with Gasteiger partial charge >= 0.3 is 6.03 Å². The molecule has 4 rings (SSSR count). The number of carbonyl (C=O) groups excluding carboxylic acids is 2. The van der Waals surface area contributed by atoms with E-state index in [-0.39, 0.29) is 6.79 Å². The molecule has 2 aromatic rings. The summed E-state index contributed by atoms with van der Waals surface area (Å²) in [6.07, 6.45) is 1.82. The Labute approximate surface area is 161 Å². The Morgan fingerprint density at radius 2 is 2.04 bits per heavy atom. The lowest BCUT2D eigenvalue weighted by Gasteiger charge is -2.24. The van der Waals surface area contributed by atoms with Crippen LogP contribution in [0.1, 0.15) is 24.5 Å². The number of nitrogens with zero attached hydrogens (tertiary/aromatic N) is 2. The molecule has 2 aromatic carbocycles. The van der Waals surface area contributed by atoms with Gasteiger partial charge in [0.15, 0.2) is 11.5 Å². The molecule has 8 heteroatoms. The van der Waals surface area contributed by atoms with Gasteiger partial charge in [-0.05, 0) is 24.1 Å². The number of hydrogen-bond donors (Lipinski definition) is 1. The summed E-state index contributed by atoms with van der Waals surface area (Å²) in [4.78, 5) is 25.5. The Kier molecular flexibility index (Phi) is 4.38. The quantitative estimate of drug-likeness (QED) is 0.635. The summed E-state index contributed by atoms with van der Waals surface area (Å²) in [6.45, 7) is 1.95. The van der Waals surface area contributed by atoms with Crippen LogP contribution < -0.4 is 19.5 Å². The lowest BCUT2D eigenvalue weighted by atomic mass is 9.87. The molecule has 0 radical (unpaired) electrons. The normalized spacial score (nSPS) is 20.7. The Bertz CT molecular complexity index is 960. The van der Waals surface area contributed by atoms with E-state index in [2.05, 4.69) is 10.4 Å². The predicted octanol–water partition coefficient (Wildman–Crippen LogP) is 2.62. The first-order valence-corrected chi connectivity index (χ1v) is 8.83. The molecule has 2 heterocycles. The second kappa shape index (κ2) is 6.88. The fourth-order valence-corrected chi connectivity index (χ4v) is 3.38. The van der Waals surface area contributed by atoms with Crippen LogP contribution in [0.4, 0.5) is 4.79 Å². The molecule has 1 saturated heterocycles. The zero-order chi connectivity index (χ0) is 19.7. The van der Waals surface area contributed by atoms with E-state index in [0.717, 1.165) is 10.6 Å². The van der Waals surface area contributed by atoms with Gasteiger partial charge in [0, 0.05) is 5.56 Å². The molecule has 0 spiro atoms. The molecule has 3 amide bonds. The molecule has 8 nitrogen and oxygen atoms in total. The first-order valence-electron chi connectivity index (χ1n) is 8.83. The second-order valence-electron chi connectivity index (χ2n) is 6.37. The van der Waals surface area contributed by atoms with Crippen LogP contribution in [0.2, 0.25) is 0 Å².